The Kier molecular flexibility index (Phi) is 4.55. The van der Waals surface area contributed by atoms with Crippen molar-refractivity contribution in [2.24, 2.45) is 0 Å². The van der Waals surface area contributed by atoms with Gasteiger partial charge in [0.05, 0.1) is 5.75 Å². The zero-order valence-electron chi connectivity index (χ0n) is 10.6. The Labute approximate surface area is 115 Å². The van der Waals surface area contributed by atoms with Gasteiger partial charge in [0.2, 0.25) is 0 Å². The van der Waals surface area contributed by atoms with Crippen molar-refractivity contribution >= 4 is 12.4 Å². The van der Waals surface area contributed by atoms with E-state index in [1.54, 1.807) is 12.1 Å². The van der Waals surface area contributed by atoms with Gasteiger partial charge in [-0.3, -0.25) is 0 Å². The summed E-state index contributed by atoms with van der Waals surface area (Å²) in [6.07, 6.45) is 0. The van der Waals surface area contributed by atoms with Gasteiger partial charge in [0.15, 0.2) is 0 Å². The third kappa shape index (κ3) is 3.95. The molecule has 2 aromatic rings. The van der Waals surface area contributed by atoms with Crippen molar-refractivity contribution in [3.05, 3.63) is 54.6 Å². The van der Waals surface area contributed by atoms with E-state index < -0.39 is 12.4 Å². The topological polar surface area (TPSA) is 18.5 Å². The van der Waals surface area contributed by atoms with Crippen molar-refractivity contribution < 1.29 is 22.4 Å². The summed E-state index contributed by atoms with van der Waals surface area (Å²) >= 11 is 0. The molecule has 0 unspecified atom stereocenters. The van der Waals surface area contributed by atoms with Crippen molar-refractivity contribution in [2.75, 3.05) is 13.2 Å². The van der Waals surface area contributed by atoms with Crippen molar-refractivity contribution in [1.29, 1.82) is 0 Å². The fraction of sp³-hybridized carbons (Fsp3) is 0.143. The molecule has 0 spiro atoms. The lowest BCUT2D eigenvalue weighted by Gasteiger charge is -2.19. The second-order valence-corrected chi connectivity index (χ2v) is 4.12. The van der Waals surface area contributed by atoms with Crippen LogP contribution in [0.1, 0.15) is 0 Å². The van der Waals surface area contributed by atoms with E-state index in [2.05, 4.69) is 0 Å². The highest BCUT2D eigenvalue weighted by molar-refractivity contribution is 6.74. The van der Waals surface area contributed by atoms with E-state index in [0.29, 0.717) is 5.75 Å². The van der Waals surface area contributed by atoms with Gasteiger partial charge in [-0.2, -0.15) is 0 Å². The second-order valence-electron chi connectivity index (χ2n) is 4.12. The largest absolute Gasteiger partial charge is 0.513 e. The highest BCUT2D eigenvalue weighted by atomic mass is 19.4. The molecule has 0 N–H and O–H groups in total. The minimum Gasteiger partial charge on any atom is -0.493 e. The number of halogens is 3. The number of benzene rings is 2. The van der Waals surface area contributed by atoms with E-state index in [9.17, 15) is 12.9 Å². The van der Waals surface area contributed by atoms with Crippen LogP contribution in [0.5, 0.6) is 11.5 Å². The molecule has 0 amide bonds. The van der Waals surface area contributed by atoms with Crippen LogP contribution in [0, 0.1) is 0 Å². The van der Waals surface area contributed by atoms with Crippen LogP contribution in [0.25, 0.3) is 0 Å². The van der Waals surface area contributed by atoms with Crippen molar-refractivity contribution in [3.63, 3.8) is 0 Å². The van der Waals surface area contributed by atoms with Gasteiger partial charge in [-0.15, -0.1) is 0 Å². The predicted octanol–water partition coefficient (Wildman–Crippen LogP) is 3.20. The van der Waals surface area contributed by atoms with Crippen LogP contribution >= 0.6 is 0 Å². The molecule has 0 aliphatic carbocycles. The van der Waals surface area contributed by atoms with Gasteiger partial charge >= 0.3 is 6.98 Å². The van der Waals surface area contributed by atoms with Crippen LogP contribution in [-0.4, -0.2) is 20.2 Å². The van der Waals surface area contributed by atoms with E-state index in [0.717, 1.165) is 6.07 Å². The SMILES string of the molecule is F[B-](F)(F)c1ccccc1OCCOc1ccccc1. The summed E-state index contributed by atoms with van der Waals surface area (Å²) in [5, 5.41) is 0. The fourth-order valence-corrected chi connectivity index (χ4v) is 1.71. The molecule has 0 aliphatic rings. The minimum atomic E-state index is -5.07. The van der Waals surface area contributed by atoms with Gasteiger partial charge < -0.3 is 22.4 Å². The summed E-state index contributed by atoms with van der Waals surface area (Å²) in [5.41, 5.74) is -0.716. The number of hydrogen-bond acceptors (Lipinski definition) is 2. The lowest BCUT2D eigenvalue weighted by atomic mass is 9.79. The Bertz CT molecular complexity index is 544. The molecule has 0 fully saturated rings. The Morgan fingerprint density at radius 2 is 1.35 bits per heavy atom. The first-order valence-corrected chi connectivity index (χ1v) is 6.17. The van der Waals surface area contributed by atoms with Crippen molar-refractivity contribution in [3.8, 4) is 11.5 Å². The number of para-hydroxylation sites is 2. The lowest BCUT2D eigenvalue weighted by Crippen LogP contribution is -2.35. The Hall–Kier alpha value is -2.11. The van der Waals surface area contributed by atoms with E-state index in [1.807, 2.05) is 18.2 Å². The fourth-order valence-electron chi connectivity index (χ4n) is 1.71. The molecule has 106 valence electrons. The first-order valence-electron chi connectivity index (χ1n) is 6.17. The molecule has 0 aliphatic heterocycles. The molecule has 20 heavy (non-hydrogen) atoms. The van der Waals surface area contributed by atoms with Crippen molar-refractivity contribution in [2.45, 2.75) is 0 Å². The maximum absolute atomic E-state index is 12.8. The van der Waals surface area contributed by atoms with Crippen LogP contribution in [0.4, 0.5) is 12.9 Å². The highest BCUT2D eigenvalue weighted by Gasteiger charge is 2.28. The van der Waals surface area contributed by atoms with Crippen molar-refractivity contribution in [1.82, 2.24) is 0 Å². The molecule has 0 radical (unpaired) electrons. The average Bonchev–Trinajstić information content (AvgIpc) is 2.44. The maximum Gasteiger partial charge on any atom is 0.513 e. The molecule has 6 heteroatoms. The van der Waals surface area contributed by atoms with Gasteiger partial charge in [0, 0.05) is 0 Å². The van der Waals surface area contributed by atoms with Crippen LogP contribution < -0.4 is 14.9 Å². The summed E-state index contributed by atoms with van der Waals surface area (Å²) in [4.78, 5) is 0. The molecule has 2 nitrogen and oxygen atoms in total. The van der Waals surface area contributed by atoms with E-state index in [1.165, 1.54) is 18.2 Å². The summed E-state index contributed by atoms with van der Waals surface area (Å²) in [6.45, 7) is -4.83. The third-order valence-electron chi connectivity index (χ3n) is 2.62. The Morgan fingerprint density at radius 1 is 0.750 bits per heavy atom. The van der Waals surface area contributed by atoms with Crippen LogP contribution in [0.15, 0.2) is 54.6 Å². The Balaban J connectivity index is 1.89. The molecule has 0 aromatic heterocycles. The predicted molar refractivity (Wildman–Crippen MR) is 72.6 cm³/mol. The quantitative estimate of drug-likeness (QED) is 0.598. The van der Waals surface area contributed by atoms with Crippen LogP contribution in [0.3, 0.4) is 0 Å². The molecular formula is C14H13BF3O2-. The monoisotopic (exact) mass is 281 g/mol. The molecular weight excluding hydrogens is 268 g/mol. The molecule has 0 bridgehead atoms. The van der Waals surface area contributed by atoms with Crippen LogP contribution in [0.2, 0.25) is 0 Å². The lowest BCUT2D eigenvalue weighted by molar-refractivity contribution is 0.217. The summed E-state index contributed by atoms with van der Waals surface area (Å²) < 4.78 is 48.8. The normalized spacial score (nSPS) is 11.2. The number of hydrogen-bond donors (Lipinski definition) is 0. The second kappa shape index (κ2) is 6.37. The smallest absolute Gasteiger partial charge is 0.493 e. The number of ether oxygens (including phenoxy) is 2. The zero-order chi connectivity index (χ0) is 14.4. The molecule has 0 saturated carbocycles. The molecule has 2 aromatic carbocycles. The standard InChI is InChI=1S/C14H13BF3O2/c16-15(17,18)13-8-4-5-9-14(13)20-11-10-19-12-6-2-1-3-7-12/h1-9H,10-11H2/q-1. The van der Waals surface area contributed by atoms with Gasteiger partial charge in [-0.25, -0.2) is 0 Å². The molecule has 0 saturated heterocycles. The first kappa shape index (κ1) is 14.3. The third-order valence-corrected chi connectivity index (χ3v) is 2.62. The molecule has 0 heterocycles. The van der Waals surface area contributed by atoms with E-state index in [-0.39, 0.29) is 19.0 Å². The Morgan fingerprint density at radius 3 is 2.05 bits per heavy atom. The van der Waals surface area contributed by atoms with Gasteiger partial charge in [-0.05, 0) is 18.2 Å². The van der Waals surface area contributed by atoms with Crippen LogP contribution in [-0.2, 0) is 0 Å². The molecule has 0 atom stereocenters. The summed E-state index contributed by atoms with van der Waals surface area (Å²) in [7, 11) is 0. The zero-order valence-corrected chi connectivity index (χ0v) is 10.6. The highest BCUT2D eigenvalue weighted by Crippen LogP contribution is 2.17. The van der Waals surface area contributed by atoms with Gasteiger partial charge in [0.25, 0.3) is 0 Å². The van der Waals surface area contributed by atoms with Gasteiger partial charge in [0.1, 0.15) is 19.0 Å². The summed E-state index contributed by atoms with van der Waals surface area (Å²) in [5.74, 6) is 0.501. The maximum atomic E-state index is 12.8. The first-order chi connectivity index (χ1) is 9.57. The number of rotatable bonds is 6. The minimum absolute atomic E-state index is 0.0536. The summed E-state index contributed by atoms with van der Waals surface area (Å²) in [6, 6.07) is 14.2. The molecule has 2 rings (SSSR count). The van der Waals surface area contributed by atoms with E-state index in [4.69, 9.17) is 9.47 Å². The average molecular weight is 281 g/mol. The van der Waals surface area contributed by atoms with E-state index >= 15 is 0 Å². The van der Waals surface area contributed by atoms with Gasteiger partial charge in [-0.1, -0.05) is 41.9 Å².